The van der Waals surface area contributed by atoms with E-state index in [9.17, 15) is 8.78 Å². The molecule has 2 aromatic rings. The molecule has 2 aromatic carbocycles. The largest absolute Gasteiger partial charge is 0.356 e. The highest BCUT2D eigenvalue weighted by Gasteiger charge is 2.11. The van der Waals surface area contributed by atoms with Crippen molar-refractivity contribution in [1.29, 1.82) is 0 Å². The molecule has 0 unspecified atom stereocenters. The molecular weight excluding hydrogens is 346 g/mol. The molecule has 0 amide bonds. The number of anilines is 1. The van der Waals surface area contributed by atoms with E-state index in [2.05, 4.69) is 48.7 Å². The van der Waals surface area contributed by atoms with E-state index in [-0.39, 0.29) is 6.04 Å². The highest BCUT2D eigenvalue weighted by atomic mass is 32.2. The maximum absolute atomic E-state index is 12.3. The highest BCUT2D eigenvalue weighted by molar-refractivity contribution is 7.99. The summed E-state index contributed by atoms with van der Waals surface area (Å²) >= 11 is 5.89. The molecule has 1 atom stereocenters. The van der Waals surface area contributed by atoms with Gasteiger partial charge in [0, 0.05) is 10.6 Å². The molecule has 0 aliphatic rings. The second-order valence-corrected chi connectivity index (χ2v) is 6.84. The third-order valence-electron chi connectivity index (χ3n) is 3.53. The number of benzene rings is 2. The van der Waals surface area contributed by atoms with Crippen molar-refractivity contribution in [2.45, 2.75) is 37.0 Å². The van der Waals surface area contributed by atoms with Gasteiger partial charge >= 0.3 is 0 Å². The van der Waals surface area contributed by atoms with Crippen molar-refractivity contribution in [3.8, 4) is 0 Å². The molecule has 0 bridgehead atoms. The summed E-state index contributed by atoms with van der Waals surface area (Å²) in [5, 5.41) is 6.90. The van der Waals surface area contributed by atoms with Gasteiger partial charge in [-0.3, -0.25) is 0 Å². The Labute approximate surface area is 151 Å². The van der Waals surface area contributed by atoms with Gasteiger partial charge in [-0.25, -0.2) is 0 Å². The lowest BCUT2D eigenvalue weighted by Crippen LogP contribution is -2.32. The first-order valence-electron chi connectivity index (χ1n) is 7.67. The van der Waals surface area contributed by atoms with Crippen molar-refractivity contribution in [3.63, 3.8) is 0 Å². The summed E-state index contributed by atoms with van der Waals surface area (Å²) in [7, 11) is 0. The second-order valence-electron chi connectivity index (χ2n) is 5.37. The van der Waals surface area contributed by atoms with Crippen molar-refractivity contribution in [1.82, 2.24) is 5.32 Å². The average molecular weight is 367 g/mol. The number of rotatable bonds is 6. The molecule has 0 saturated heterocycles. The predicted octanol–water partition coefficient (Wildman–Crippen LogP) is 5.75. The molecule has 0 radical (unpaired) electrons. The molecule has 128 valence electrons. The molecule has 0 aliphatic carbocycles. The number of aryl methyl sites for hydroxylation is 1. The van der Waals surface area contributed by atoms with Crippen LogP contribution in [0, 0.1) is 6.92 Å². The maximum atomic E-state index is 12.3. The summed E-state index contributed by atoms with van der Waals surface area (Å²) in [5.41, 5.74) is 3.16. The van der Waals surface area contributed by atoms with Crippen molar-refractivity contribution in [3.05, 3.63) is 59.7 Å². The van der Waals surface area contributed by atoms with E-state index in [4.69, 9.17) is 12.2 Å². The van der Waals surface area contributed by atoms with Gasteiger partial charge < -0.3 is 10.6 Å². The Bertz CT molecular complexity index is 658. The third kappa shape index (κ3) is 5.76. The van der Waals surface area contributed by atoms with Gasteiger partial charge in [0.2, 0.25) is 0 Å². The fraction of sp³-hybridized carbons (Fsp3) is 0.278. The van der Waals surface area contributed by atoms with Gasteiger partial charge in [0.15, 0.2) is 5.11 Å². The number of halogens is 2. The minimum Gasteiger partial charge on any atom is -0.356 e. The first-order valence-corrected chi connectivity index (χ1v) is 8.95. The standard InChI is InChI=1S/C18H20F2N2S2/c1-3-16(13-6-4-12(2)5-7-13)22-18(23)21-14-8-10-15(11-9-14)24-17(19)20/h4-11,16-17H,3H2,1-2H3,(H2,21,22,23)/t16-/m1/s1. The Morgan fingerprint density at radius 3 is 2.25 bits per heavy atom. The summed E-state index contributed by atoms with van der Waals surface area (Å²) in [6.07, 6.45) is 0.898. The average Bonchev–Trinajstić information content (AvgIpc) is 2.55. The smallest absolute Gasteiger partial charge is 0.288 e. The van der Waals surface area contributed by atoms with Crippen LogP contribution in [0.15, 0.2) is 53.4 Å². The maximum Gasteiger partial charge on any atom is 0.288 e. The van der Waals surface area contributed by atoms with Crippen molar-refractivity contribution in [2.75, 3.05) is 5.32 Å². The Morgan fingerprint density at radius 2 is 1.71 bits per heavy atom. The van der Waals surface area contributed by atoms with Crippen molar-refractivity contribution >= 4 is 34.8 Å². The van der Waals surface area contributed by atoms with Gasteiger partial charge in [-0.05, 0) is 55.4 Å². The van der Waals surface area contributed by atoms with Crippen LogP contribution in [0.3, 0.4) is 0 Å². The normalized spacial score (nSPS) is 12.0. The van der Waals surface area contributed by atoms with E-state index in [1.165, 1.54) is 11.1 Å². The lowest BCUT2D eigenvalue weighted by Gasteiger charge is -2.20. The van der Waals surface area contributed by atoms with Crippen LogP contribution in [0.4, 0.5) is 14.5 Å². The number of thiocarbonyl (C=S) groups is 1. The second kappa shape index (κ2) is 8.99. The Balaban J connectivity index is 1.94. The van der Waals surface area contributed by atoms with Crippen LogP contribution < -0.4 is 10.6 Å². The molecular formula is C18H20F2N2S2. The molecule has 0 aliphatic heterocycles. The van der Waals surface area contributed by atoms with Crippen LogP contribution in [0.25, 0.3) is 0 Å². The topological polar surface area (TPSA) is 24.1 Å². The van der Waals surface area contributed by atoms with Gasteiger partial charge in [0.05, 0.1) is 6.04 Å². The lowest BCUT2D eigenvalue weighted by molar-refractivity contribution is 0.252. The van der Waals surface area contributed by atoms with E-state index in [1.807, 2.05) is 0 Å². The van der Waals surface area contributed by atoms with E-state index < -0.39 is 5.76 Å². The molecule has 0 saturated carbocycles. The zero-order valence-corrected chi connectivity index (χ0v) is 15.2. The Morgan fingerprint density at radius 1 is 1.08 bits per heavy atom. The summed E-state index contributed by atoms with van der Waals surface area (Å²) in [6.45, 7) is 4.15. The van der Waals surface area contributed by atoms with E-state index in [0.29, 0.717) is 21.8 Å². The predicted molar refractivity (Wildman–Crippen MR) is 102 cm³/mol. The number of alkyl halides is 2. The van der Waals surface area contributed by atoms with Crippen LogP contribution >= 0.6 is 24.0 Å². The number of thioether (sulfide) groups is 1. The number of hydrogen-bond donors (Lipinski definition) is 2. The monoisotopic (exact) mass is 366 g/mol. The summed E-state index contributed by atoms with van der Waals surface area (Å²) in [4.78, 5) is 0.528. The van der Waals surface area contributed by atoms with Crippen molar-refractivity contribution in [2.24, 2.45) is 0 Å². The minimum absolute atomic E-state index is 0.124. The molecule has 0 aromatic heterocycles. The minimum atomic E-state index is -2.41. The first kappa shape index (κ1) is 18.7. The van der Waals surface area contributed by atoms with E-state index in [0.717, 1.165) is 12.1 Å². The van der Waals surface area contributed by atoms with Gasteiger partial charge in [-0.1, -0.05) is 48.5 Å². The Hall–Kier alpha value is -1.66. The zero-order valence-electron chi connectivity index (χ0n) is 13.6. The SMILES string of the molecule is CC[C@@H](NC(=S)Nc1ccc(SC(F)F)cc1)c1ccc(C)cc1. The number of nitrogens with one attached hydrogen (secondary N) is 2. The molecule has 0 fully saturated rings. The highest BCUT2D eigenvalue weighted by Crippen LogP contribution is 2.26. The molecule has 2 nitrogen and oxygen atoms in total. The van der Waals surface area contributed by atoms with Crippen LogP contribution in [0.1, 0.15) is 30.5 Å². The van der Waals surface area contributed by atoms with Crippen molar-refractivity contribution < 1.29 is 8.78 Å². The zero-order chi connectivity index (χ0) is 17.5. The summed E-state index contributed by atoms with van der Waals surface area (Å²) < 4.78 is 24.6. The molecule has 0 spiro atoms. The van der Waals surface area contributed by atoms with Crippen LogP contribution in [-0.2, 0) is 0 Å². The lowest BCUT2D eigenvalue weighted by atomic mass is 10.0. The van der Waals surface area contributed by atoms with Gasteiger partial charge in [0.25, 0.3) is 5.76 Å². The molecule has 6 heteroatoms. The van der Waals surface area contributed by atoms with E-state index >= 15 is 0 Å². The summed E-state index contributed by atoms with van der Waals surface area (Å²) in [5.74, 6) is -2.41. The van der Waals surface area contributed by atoms with Gasteiger partial charge in [-0.15, -0.1) is 0 Å². The fourth-order valence-corrected chi connectivity index (χ4v) is 3.02. The molecule has 2 rings (SSSR count). The summed E-state index contributed by atoms with van der Waals surface area (Å²) in [6, 6.07) is 15.3. The fourth-order valence-electron chi connectivity index (χ4n) is 2.26. The van der Waals surface area contributed by atoms with Gasteiger partial charge in [-0.2, -0.15) is 8.78 Å². The van der Waals surface area contributed by atoms with Crippen LogP contribution in [-0.4, -0.2) is 10.9 Å². The van der Waals surface area contributed by atoms with Crippen LogP contribution in [0.5, 0.6) is 0 Å². The molecule has 0 heterocycles. The number of hydrogen-bond acceptors (Lipinski definition) is 2. The molecule has 24 heavy (non-hydrogen) atoms. The van der Waals surface area contributed by atoms with E-state index in [1.54, 1.807) is 24.3 Å². The van der Waals surface area contributed by atoms with Gasteiger partial charge in [0.1, 0.15) is 0 Å². The Kier molecular flexibility index (Phi) is 6.99. The quantitative estimate of drug-likeness (QED) is 0.502. The molecule has 2 N–H and O–H groups in total. The third-order valence-corrected chi connectivity index (χ3v) is 4.47. The first-order chi connectivity index (χ1) is 11.5. The van der Waals surface area contributed by atoms with Crippen LogP contribution in [0.2, 0.25) is 0 Å².